The molecule has 0 bridgehead atoms. The van der Waals surface area contributed by atoms with Crippen LogP contribution in [0.15, 0.2) is 23.0 Å². The summed E-state index contributed by atoms with van der Waals surface area (Å²) < 4.78 is 40.7. The molecule has 1 saturated heterocycles. The zero-order valence-electron chi connectivity index (χ0n) is 10.9. The van der Waals surface area contributed by atoms with Crippen molar-refractivity contribution in [2.45, 2.75) is 18.6 Å². The molecule has 0 aliphatic carbocycles. The van der Waals surface area contributed by atoms with Crippen molar-refractivity contribution >= 4 is 11.0 Å². The zero-order valence-corrected chi connectivity index (χ0v) is 10.9. The van der Waals surface area contributed by atoms with Crippen molar-refractivity contribution in [1.29, 1.82) is 0 Å². The maximum Gasteiger partial charge on any atom is 0.418 e. The average molecular weight is 285 g/mol. The Labute approximate surface area is 112 Å². The quantitative estimate of drug-likeness (QED) is 0.873. The summed E-state index contributed by atoms with van der Waals surface area (Å²) in [7, 11) is 1.89. The molecule has 4 nitrogen and oxygen atoms in total. The van der Waals surface area contributed by atoms with E-state index >= 15 is 0 Å². The van der Waals surface area contributed by atoms with Gasteiger partial charge in [-0.05, 0) is 32.1 Å². The molecular weight excluding hydrogens is 271 g/mol. The SMILES string of the molecule is CN1CCC(n2c(=O)[nH]c3cccc(C(F)(F)F)c32)C1. The van der Waals surface area contributed by atoms with Crippen molar-refractivity contribution in [1.82, 2.24) is 14.5 Å². The summed E-state index contributed by atoms with van der Waals surface area (Å²) in [5.41, 5.74) is -1.04. The van der Waals surface area contributed by atoms with Crippen molar-refractivity contribution < 1.29 is 13.2 Å². The van der Waals surface area contributed by atoms with Crippen LogP contribution in [0, 0.1) is 0 Å². The van der Waals surface area contributed by atoms with Gasteiger partial charge in [0.15, 0.2) is 0 Å². The number of aromatic nitrogens is 2. The first-order chi connectivity index (χ1) is 9.38. The Hall–Kier alpha value is -1.76. The zero-order chi connectivity index (χ0) is 14.5. The Morgan fingerprint density at radius 3 is 2.70 bits per heavy atom. The number of halogens is 3. The molecule has 3 rings (SSSR count). The number of hydrogen-bond acceptors (Lipinski definition) is 2. The molecular formula is C13H14F3N3O. The molecule has 1 aliphatic rings. The summed E-state index contributed by atoms with van der Waals surface area (Å²) >= 11 is 0. The summed E-state index contributed by atoms with van der Waals surface area (Å²) in [5.74, 6) is 0. The lowest BCUT2D eigenvalue weighted by atomic mass is 10.1. The van der Waals surface area contributed by atoms with E-state index < -0.39 is 17.4 Å². The molecule has 20 heavy (non-hydrogen) atoms. The molecule has 1 aliphatic heterocycles. The summed E-state index contributed by atoms with van der Waals surface area (Å²) in [6.45, 7) is 1.36. The minimum atomic E-state index is -4.47. The lowest BCUT2D eigenvalue weighted by molar-refractivity contribution is -0.136. The fraction of sp³-hybridized carbons (Fsp3) is 0.462. The third-order valence-electron chi connectivity index (χ3n) is 3.77. The van der Waals surface area contributed by atoms with Crippen molar-refractivity contribution in [2.24, 2.45) is 0 Å². The van der Waals surface area contributed by atoms with Crippen molar-refractivity contribution in [2.75, 3.05) is 20.1 Å². The van der Waals surface area contributed by atoms with E-state index in [9.17, 15) is 18.0 Å². The Morgan fingerprint density at radius 1 is 1.35 bits per heavy atom. The van der Waals surface area contributed by atoms with Gasteiger partial charge in [0.2, 0.25) is 0 Å². The molecule has 108 valence electrons. The number of likely N-dealkylation sites (N-methyl/N-ethyl adjacent to an activating group) is 1. The van der Waals surface area contributed by atoms with Gasteiger partial charge in [0, 0.05) is 6.54 Å². The van der Waals surface area contributed by atoms with Gasteiger partial charge in [0.25, 0.3) is 0 Å². The van der Waals surface area contributed by atoms with Crippen LogP contribution in [-0.2, 0) is 6.18 Å². The summed E-state index contributed by atoms with van der Waals surface area (Å²) in [4.78, 5) is 16.6. The summed E-state index contributed by atoms with van der Waals surface area (Å²) in [5, 5.41) is 0. The van der Waals surface area contributed by atoms with E-state index in [-0.39, 0.29) is 17.1 Å². The van der Waals surface area contributed by atoms with Gasteiger partial charge in [-0.1, -0.05) is 6.07 Å². The van der Waals surface area contributed by atoms with E-state index in [1.807, 2.05) is 11.9 Å². The van der Waals surface area contributed by atoms with E-state index in [0.29, 0.717) is 13.0 Å². The van der Waals surface area contributed by atoms with Crippen molar-refractivity contribution in [3.8, 4) is 0 Å². The highest BCUT2D eigenvalue weighted by molar-refractivity contribution is 5.79. The molecule has 2 aromatic rings. The van der Waals surface area contributed by atoms with Crippen LogP contribution in [0.5, 0.6) is 0 Å². The number of imidazole rings is 1. The molecule has 0 saturated carbocycles. The highest BCUT2D eigenvalue weighted by atomic mass is 19.4. The smallest absolute Gasteiger partial charge is 0.306 e. The number of benzene rings is 1. The third kappa shape index (κ3) is 2.02. The van der Waals surface area contributed by atoms with Crippen LogP contribution in [0.25, 0.3) is 11.0 Å². The Kier molecular flexibility index (Phi) is 2.89. The molecule has 1 aromatic heterocycles. The number of nitrogens with zero attached hydrogens (tertiary/aromatic N) is 2. The lowest BCUT2D eigenvalue weighted by Gasteiger charge is -2.15. The third-order valence-corrected chi connectivity index (χ3v) is 3.77. The molecule has 0 amide bonds. The van der Waals surface area contributed by atoms with Crippen LogP contribution in [-0.4, -0.2) is 34.6 Å². The van der Waals surface area contributed by atoms with Gasteiger partial charge < -0.3 is 9.88 Å². The number of rotatable bonds is 1. The number of aromatic amines is 1. The van der Waals surface area contributed by atoms with E-state index in [1.54, 1.807) is 0 Å². The number of para-hydroxylation sites is 1. The maximum atomic E-state index is 13.1. The minimum Gasteiger partial charge on any atom is -0.306 e. The normalized spacial score (nSPS) is 20.9. The molecule has 0 spiro atoms. The van der Waals surface area contributed by atoms with Crippen LogP contribution in [0.3, 0.4) is 0 Å². The highest BCUT2D eigenvalue weighted by Gasteiger charge is 2.36. The summed E-state index contributed by atoms with van der Waals surface area (Å²) in [6.07, 6.45) is -3.80. The first-order valence-corrected chi connectivity index (χ1v) is 6.37. The topological polar surface area (TPSA) is 41.0 Å². The lowest BCUT2D eigenvalue weighted by Crippen LogP contribution is -2.25. The monoisotopic (exact) mass is 285 g/mol. The van der Waals surface area contributed by atoms with Gasteiger partial charge in [-0.25, -0.2) is 4.79 Å². The Morgan fingerprint density at radius 2 is 2.10 bits per heavy atom. The second kappa shape index (κ2) is 4.37. The Balaban J connectivity index is 2.26. The fourth-order valence-corrected chi connectivity index (χ4v) is 2.88. The summed E-state index contributed by atoms with van der Waals surface area (Å²) in [6, 6.07) is 3.61. The van der Waals surface area contributed by atoms with Crippen molar-refractivity contribution in [3.63, 3.8) is 0 Å². The predicted molar refractivity (Wildman–Crippen MR) is 68.7 cm³/mol. The number of likely N-dealkylation sites (tertiary alicyclic amines) is 1. The standard InChI is InChI=1S/C13H14F3N3O/c1-18-6-5-8(7-18)19-11-9(13(14,15)16)3-2-4-10(11)17-12(19)20/h2-4,8H,5-7H2,1H3,(H,17,20). The number of nitrogens with one attached hydrogen (secondary N) is 1. The van der Waals surface area contributed by atoms with Crippen LogP contribution in [0.4, 0.5) is 13.2 Å². The first-order valence-electron chi connectivity index (χ1n) is 6.37. The van der Waals surface area contributed by atoms with Crippen LogP contribution in [0.2, 0.25) is 0 Å². The fourth-order valence-electron chi connectivity index (χ4n) is 2.88. The second-order valence-corrected chi connectivity index (χ2v) is 5.20. The number of fused-ring (bicyclic) bond motifs is 1. The number of hydrogen-bond donors (Lipinski definition) is 1. The van der Waals surface area contributed by atoms with Crippen molar-refractivity contribution in [3.05, 3.63) is 34.2 Å². The van der Waals surface area contributed by atoms with Gasteiger partial charge in [0.1, 0.15) is 0 Å². The number of H-pyrrole nitrogens is 1. The van der Waals surface area contributed by atoms with Gasteiger partial charge in [-0.3, -0.25) is 4.57 Å². The van der Waals surface area contributed by atoms with Gasteiger partial charge in [-0.15, -0.1) is 0 Å². The van der Waals surface area contributed by atoms with Crippen LogP contribution < -0.4 is 5.69 Å². The molecule has 1 aromatic carbocycles. The molecule has 0 radical (unpaired) electrons. The van der Waals surface area contributed by atoms with E-state index in [2.05, 4.69) is 4.98 Å². The molecule has 1 atom stereocenters. The van der Waals surface area contributed by atoms with E-state index in [1.165, 1.54) is 16.7 Å². The van der Waals surface area contributed by atoms with E-state index in [4.69, 9.17) is 0 Å². The van der Waals surface area contributed by atoms with Gasteiger partial charge >= 0.3 is 11.9 Å². The van der Waals surface area contributed by atoms with Crippen LogP contribution >= 0.6 is 0 Å². The molecule has 2 heterocycles. The second-order valence-electron chi connectivity index (χ2n) is 5.20. The van der Waals surface area contributed by atoms with Gasteiger partial charge in [-0.2, -0.15) is 13.2 Å². The molecule has 7 heteroatoms. The number of alkyl halides is 3. The molecule has 1 N–H and O–H groups in total. The molecule has 1 unspecified atom stereocenters. The van der Waals surface area contributed by atoms with Crippen LogP contribution in [0.1, 0.15) is 18.0 Å². The maximum absolute atomic E-state index is 13.1. The molecule has 1 fully saturated rings. The average Bonchev–Trinajstić information content (AvgIpc) is 2.89. The Bertz CT molecular complexity index is 701. The largest absolute Gasteiger partial charge is 0.418 e. The predicted octanol–water partition coefficient (Wildman–Crippen LogP) is 2.22. The minimum absolute atomic E-state index is 0.0368. The van der Waals surface area contributed by atoms with E-state index in [0.717, 1.165) is 12.6 Å². The first kappa shape index (κ1) is 13.2. The highest BCUT2D eigenvalue weighted by Crippen LogP contribution is 2.35. The van der Waals surface area contributed by atoms with Gasteiger partial charge in [0.05, 0.1) is 22.6 Å².